The zero-order valence-corrected chi connectivity index (χ0v) is 11.9. The quantitative estimate of drug-likeness (QED) is 0.884. The average molecular weight is 306 g/mol. The van der Waals surface area contributed by atoms with E-state index in [1.165, 1.54) is 12.1 Å². The molecule has 0 unspecified atom stereocenters. The number of carboxylic acids is 1. The molecule has 0 aliphatic carbocycles. The molecule has 1 aromatic carbocycles. The first kappa shape index (κ1) is 15.6. The highest BCUT2D eigenvalue weighted by Crippen LogP contribution is 2.30. The van der Waals surface area contributed by atoms with Gasteiger partial charge < -0.3 is 9.84 Å². The van der Waals surface area contributed by atoms with Crippen molar-refractivity contribution < 1.29 is 19.4 Å². The number of carboxylic acid groups (broad SMARTS) is 1. The number of hydrogen-bond acceptors (Lipinski definition) is 3. The Balaban J connectivity index is 2.94. The predicted octanol–water partition coefficient (Wildman–Crippen LogP) is 3.90. The van der Waals surface area contributed by atoms with Crippen molar-refractivity contribution in [1.82, 2.24) is 0 Å². The van der Waals surface area contributed by atoms with E-state index in [9.17, 15) is 9.59 Å². The third kappa shape index (κ3) is 4.61. The molecule has 0 radical (unpaired) electrons. The van der Waals surface area contributed by atoms with E-state index < -0.39 is 12.1 Å². The number of rotatable bonds is 4. The average Bonchev–Trinajstić information content (AvgIpc) is 2.29. The lowest BCUT2D eigenvalue weighted by Crippen LogP contribution is -2.18. The number of amides is 1. The smallest absolute Gasteiger partial charge is 0.411 e. The minimum Gasteiger partial charge on any atom is -0.478 e. The van der Waals surface area contributed by atoms with Crippen LogP contribution in [0.1, 0.15) is 24.2 Å². The molecule has 2 N–H and O–H groups in total. The molecule has 7 heteroatoms. The zero-order chi connectivity index (χ0) is 14.6. The molecule has 5 nitrogen and oxygen atoms in total. The highest BCUT2D eigenvalue weighted by molar-refractivity contribution is 6.37. The third-order valence-corrected chi connectivity index (χ3v) is 2.58. The van der Waals surface area contributed by atoms with Crippen LogP contribution in [0, 0.1) is 5.92 Å². The molecule has 0 aliphatic rings. The molecule has 0 heterocycles. The first-order valence-corrected chi connectivity index (χ1v) is 6.23. The molecule has 0 fully saturated rings. The fraction of sp³-hybridized carbons (Fsp3) is 0.333. The van der Waals surface area contributed by atoms with Gasteiger partial charge in [0.2, 0.25) is 0 Å². The number of ether oxygens (including phenoxy) is 1. The molecule has 1 amide bonds. The van der Waals surface area contributed by atoms with Crippen LogP contribution >= 0.6 is 23.2 Å². The maximum Gasteiger partial charge on any atom is 0.411 e. The molecule has 1 rings (SSSR count). The number of carbonyl (C=O) groups is 2. The summed E-state index contributed by atoms with van der Waals surface area (Å²) < 4.78 is 4.89. The molecule has 0 saturated carbocycles. The summed E-state index contributed by atoms with van der Waals surface area (Å²) in [7, 11) is 0. The molecule has 104 valence electrons. The van der Waals surface area contributed by atoms with Crippen molar-refractivity contribution in [1.29, 1.82) is 0 Å². The Labute approximate surface area is 120 Å². The minimum absolute atomic E-state index is 0.0337. The molecule has 0 aliphatic heterocycles. The highest BCUT2D eigenvalue weighted by Gasteiger charge is 2.18. The summed E-state index contributed by atoms with van der Waals surface area (Å²) in [6.45, 7) is 3.98. The summed E-state index contributed by atoms with van der Waals surface area (Å²) in [5.41, 5.74) is -0.230. The Bertz CT molecular complexity index is 503. The molecule has 19 heavy (non-hydrogen) atoms. The van der Waals surface area contributed by atoms with Gasteiger partial charge in [0.1, 0.15) is 0 Å². The molecule has 1 aromatic rings. The van der Waals surface area contributed by atoms with Gasteiger partial charge in [-0.25, -0.2) is 9.59 Å². The molecular formula is C12H13Cl2NO4. The second-order valence-electron chi connectivity index (χ2n) is 4.23. The van der Waals surface area contributed by atoms with E-state index >= 15 is 0 Å². The number of aromatic carboxylic acids is 1. The van der Waals surface area contributed by atoms with Crippen molar-refractivity contribution in [2.45, 2.75) is 13.8 Å². The normalized spacial score (nSPS) is 10.4. The molecule has 0 bridgehead atoms. The van der Waals surface area contributed by atoms with Crippen LogP contribution < -0.4 is 5.32 Å². The Morgan fingerprint density at radius 3 is 2.53 bits per heavy atom. The van der Waals surface area contributed by atoms with Crippen LogP contribution in [-0.4, -0.2) is 23.8 Å². The fourth-order valence-corrected chi connectivity index (χ4v) is 1.79. The van der Waals surface area contributed by atoms with E-state index in [0.717, 1.165) is 0 Å². The van der Waals surface area contributed by atoms with Crippen LogP contribution in [0.4, 0.5) is 10.5 Å². The molecule has 0 atom stereocenters. The van der Waals surface area contributed by atoms with Crippen molar-refractivity contribution in [3.63, 3.8) is 0 Å². The Hall–Kier alpha value is -1.46. The minimum atomic E-state index is -1.25. The van der Waals surface area contributed by atoms with Gasteiger partial charge in [-0.05, 0) is 18.1 Å². The van der Waals surface area contributed by atoms with Crippen molar-refractivity contribution >= 4 is 41.0 Å². The molecule has 0 aromatic heterocycles. The van der Waals surface area contributed by atoms with Crippen molar-refractivity contribution in [3.05, 3.63) is 27.7 Å². The fourth-order valence-electron chi connectivity index (χ4n) is 1.25. The number of hydrogen-bond donors (Lipinski definition) is 2. The number of nitrogens with one attached hydrogen (secondary N) is 1. The van der Waals surface area contributed by atoms with Gasteiger partial charge in [-0.15, -0.1) is 0 Å². The summed E-state index contributed by atoms with van der Waals surface area (Å²) in [5.74, 6) is -1.08. The molecular weight excluding hydrogens is 293 g/mol. The van der Waals surface area contributed by atoms with Crippen molar-refractivity contribution in [2.24, 2.45) is 5.92 Å². The number of benzene rings is 1. The topological polar surface area (TPSA) is 75.6 Å². The van der Waals surface area contributed by atoms with Gasteiger partial charge in [-0.3, -0.25) is 5.32 Å². The van der Waals surface area contributed by atoms with Crippen LogP contribution in [0.15, 0.2) is 12.1 Å². The Morgan fingerprint density at radius 2 is 2.00 bits per heavy atom. The second-order valence-corrected chi connectivity index (χ2v) is 5.08. The van der Waals surface area contributed by atoms with Gasteiger partial charge in [0.15, 0.2) is 0 Å². The summed E-state index contributed by atoms with van der Waals surface area (Å²) >= 11 is 11.6. The number of anilines is 1. The number of carbonyl (C=O) groups excluding carboxylic acids is 1. The van der Waals surface area contributed by atoms with E-state index in [4.69, 9.17) is 33.0 Å². The summed E-state index contributed by atoms with van der Waals surface area (Å²) in [5, 5.41) is 11.5. The van der Waals surface area contributed by atoms with Gasteiger partial charge in [0, 0.05) is 5.02 Å². The van der Waals surface area contributed by atoms with Crippen molar-refractivity contribution in [2.75, 3.05) is 11.9 Å². The van der Waals surface area contributed by atoms with E-state index in [0.29, 0.717) is 0 Å². The zero-order valence-electron chi connectivity index (χ0n) is 10.4. The third-order valence-electron chi connectivity index (χ3n) is 2.06. The largest absolute Gasteiger partial charge is 0.478 e. The maximum atomic E-state index is 11.5. The van der Waals surface area contributed by atoms with Crippen LogP contribution in [0.2, 0.25) is 10.0 Å². The molecule has 0 saturated heterocycles. The lowest BCUT2D eigenvalue weighted by atomic mass is 10.2. The standard InChI is InChI=1S/C12H13Cl2NO4/c1-6(2)5-19-12(18)15-10-8(11(16)17)3-7(13)4-9(10)14/h3-4,6H,5H2,1-2H3,(H,15,18)(H,16,17). The van der Waals surface area contributed by atoms with E-state index in [1.807, 2.05) is 13.8 Å². The lowest BCUT2D eigenvalue weighted by Gasteiger charge is -2.12. The summed E-state index contributed by atoms with van der Waals surface area (Å²) in [6, 6.07) is 2.54. The van der Waals surface area contributed by atoms with Crippen LogP contribution in [0.5, 0.6) is 0 Å². The maximum absolute atomic E-state index is 11.5. The van der Waals surface area contributed by atoms with E-state index in [-0.39, 0.29) is 33.8 Å². The van der Waals surface area contributed by atoms with Crippen LogP contribution in [0.3, 0.4) is 0 Å². The lowest BCUT2D eigenvalue weighted by molar-refractivity contribution is 0.0698. The first-order chi connectivity index (χ1) is 8.81. The number of halogens is 2. The summed E-state index contributed by atoms with van der Waals surface area (Å²) in [4.78, 5) is 22.6. The predicted molar refractivity (Wildman–Crippen MR) is 73.2 cm³/mol. The van der Waals surface area contributed by atoms with Gasteiger partial charge in [0.05, 0.1) is 22.9 Å². The van der Waals surface area contributed by atoms with Crippen molar-refractivity contribution in [3.8, 4) is 0 Å². The first-order valence-electron chi connectivity index (χ1n) is 5.47. The van der Waals surface area contributed by atoms with E-state index in [2.05, 4.69) is 5.32 Å². The van der Waals surface area contributed by atoms with Gasteiger partial charge in [0.25, 0.3) is 0 Å². The van der Waals surface area contributed by atoms with Gasteiger partial charge in [-0.1, -0.05) is 37.0 Å². The monoisotopic (exact) mass is 305 g/mol. The van der Waals surface area contributed by atoms with Crippen LogP contribution in [-0.2, 0) is 4.74 Å². The molecule has 0 spiro atoms. The highest BCUT2D eigenvalue weighted by atomic mass is 35.5. The van der Waals surface area contributed by atoms with E-state index in [1.54, 1.807) is 0 Å². The van der Waals surface area contributed by atoms with Gasteiger partial charge >= 0.3 is 12.1 Å². The SMILES string of the molecule is CC(C)COC(=O)Nc1c(Cl)cc(Cl)cc1C(=O)O. The van der Waals surface area contributed by atoms with Gasteiger partial charge in [-0.2, -0.15) is 0 Å². The van der Waals surface area contributed by atoms with Crippen LogP contribution in [0.25, 0.3) is 0 Å². The Kier molecular flexibility index (Phi) is 5.44. The summed E-state index contributed by atoms with van der Waals surface area (Å²) in [6.07, 6.45) is -0.763. The second kappa shape index (κ2) is 6.63. The Morgan fingerprint density at radius 1 is 1.37 bits per heavy atom.